The summed E-state index contributed by atoms with van der Waals surface area (Å²) in [5.41, 5.74) is 2.39. The number of nitrogens with zero attached hydrogens (tertiary/aromatic N) is 4. The van der Waals surface area contributed by atoms with Crippen LogP contribution in [0.4, 0.5) is 5.69 Å². The highest BCUT2D eigenvalue weighted by atomic mass is 35.5. The highest BCUT2D eigenvalue weighted by Crippen LogP contribution is 2.39. The van der Waals surface area contributed by atoms with Gasteiger partial charge in [-0.05, 0) is 67.8 Å². The number of amides is 2. The largest absolute Gasteiger partial charge is 0.858 e. The van der Waals surface area contributed by atoms with Gasteiger partial charge >= 0.3 is 5.91 Å². The normalized spacial score (nSPS) is 13.5. The molecule has 3 heterocycles. The lowest BCUT2D eigenvalue weighted by Gasteiger charge is -2.16. The van der Waals surface area contributed by atoms with E-state index in [0.29, 0.717) is 40.7 Å². The van der Waals surface area contributed by atoms with Gasteiger partial charge in [0.25, 0.3) is 11.6 Å². The Morgan fingerprint density at radius 1 is 1.03 bits per heavy atom. The number of rotatable bonds is 7. The second-order valence-electron chi connectivity index (χ2n) is 8.92. The smallest absolute Gasteiger partial charge is 0.331 e. The number of ether oxygens (including phenoxy) is 1. The first-order chi connectivity index (χ1) is 18.3. The van der Waals surface area contributed by atoms with Crippen molar-refractivity contribution in [3.05, 3.63) is 94.9 Å². The van der Waals surface area contributed by atoms with Gasteiger partial charge in [-0.3, -0.25) is 9.59 Å². The van der Waals surface area contributed by atoms with Crippen LogP contribution in [0.25, 0.3) is 17.0 Å². The van der Waals surface area contributed by atoms with E-state index in [-0.39, 0.29) is 16.8 Å². The fourth-order valence-corrected chi connectivity index (χ4v) is 4.76. The van der Waals surface area contributed by atoms with Gasteiger partial charge in [0.1, 0.15) is 11.3 Å². The van der Waals surface area contributed by atoms with Crippen LogP contribution in [0, 0.1) is 6.92 Å². The molecule has 0 saturated carbocycles. The summed E-state index contributed by atoms with van der Waals surface area (Å²) in [6.07, 6.45) is 4.57. The van der Waals surface area contributed by atoms with Gasteiger partial charge in [0.2, 0.25) is 0 Å². The Bertz CT molecular complexity index is 1590. The second kappa shape index (κ2) is 10.1. The minimum atomic E-state index is -0.593. The third kappa shape index (κ3) is 4.33. The summed E-state index contributed by atoms with van der Waals surface area (Å²) in [6, 6.07) is 17.1. The lowest BCUT2D eigenvalue weighted by atomic mass is 10.0. The predicted octanol–water partition coefficient (Wildman–Crippen LogP) is 4.10. The molecule has 2 aromatic carbocycles. The van der Waals surface area contributed by atoms with Gasteiger partial charge in [-0.25, -0.2) is 9.58 Å². The predicted molar refractivity (Wildman–Crippen MR) is 142 cm³/mol. The summed E-state index contributed by atoms with van der Waals surface area (Å²) >= 11 is 6.18. The fraction of sp³-hybridized carbons (Fsp3) is 0.172. The van der Waals surface area contributed by atoms with E-state index in [1.54, 1.807) is 71.6 Å². The summed E-state index contributed by atoms with van der Waals surface area (Å²) in [4.78, 5) is 29.1. The van der Waals surface area contributed by atoms with Gasteiger partial charge in [-0.15, -0.1) is 0 Å². The van der Waals surface area contributed by atoms with Crippen molar-refractivity contribution in [1.82, 2.24) is 9.78 Å². The number of benzene rings is 2. The Balaban J connectivity index is 1.76. The van der Waals surface area contributed by atoms with Crippen molar-refractivity contribution < 1.29 is 24.0 Å². The summed E-state index contributed by atoms with van der Waals surface area (Å²) < 4.78 is 8.07. The molecule has 0 N–H and O–H groups in total. The number of carbonyl (C=O) groups is 2. The van der Waals surface area contributed by atoms with E-state index in [1.165, 1.54) is 11.8 Å². The summed E-state index contributed by atoms with van der Waals surface area (Å²) in [5.74, 6) is -1.04. The maximum atomic E-state index is 14.1. The molecular weight excluding hydrogens is 504 g/mol. The lowest BCUT2D eigenvalue weighted by Crippen LogP contribution is -2.39. The van der Waals surface area contributed by atoms with Crippen molar-refractivity contribution in [2.75, 3.05) is 12.0 Å². The number of imide groups is 1. The standard InChI is InChI=1S/C29H25ClN4O4/c1-4-7-23-24(28(36)34(31-23)21-10-5-9-19(30)16-21)25-26(32-15-6-8-18(2)17-32)29(37)33(27(25)35)20-11-13-22(38-3)14-12-20/h5-6,8-17H,4,7H2,1-3H3. The molecule has 1 aliphatic rings. The Labute approximate surface area is 225 Å². The average molecular weight is 529 g/mol. The topological polar surface area (TPSA) is 91.4 Å². The monoisotopic (exact) mass is 528 g/mol. The molecule has 1 aliphatic heterocycles. The quantitative estimate of drug-likeness (QED) is 0.266. The van der Waals surface area contributed by atoms with Crippen LogP contribution in [0.15, 0.2) is 73.1 Å². The van der Waals surface area contributed by atoms with Gasteiger partial charge in [-0.1, -0.05) is 31.0 Å². The zero-order valence-corrected chi connectivity index (χ0v) is 21.9. The highest BCUT2D eigenvalue weighted by molar-refractivity contribution is 6.53. The summed E-state index contributed by atoms with van der Waals surface area (Å²) in [5, 5.41) is 18.9. The van der Waals surface area contributed by atoms with E-state index >= 15 is 0 Å². The number of methoxy groups -OCH3 is 1. The molecule has 5 rings (SSSR count). The number of aryl methyl sites for hydroxylation is 2. The van der Waals surface area contributed by atoms with Crippen molar-refractivity contribution >= 4 is 40.4 Å². The molecule has 0 unspecified atom stereocenters. The zero-order valence-electron chi connectivity index (χ0n) is 21.1. The van der Waals surface area contributed by atoms with Crippen LogP contribution in [-0.4, -0.2) is 28.7 Å². The number of hydrogen-bond acceptors (Lipinski definition) is 5. The molecule has 0 fully saturated rings. The first-order valence-corrected chi connectivity index (χ1v) is 12.5. The van der Waals surface area contributed by atoms with Crippen LogP contribution in [0.2, 0.25) is 5.02 Å². The number of anilines is 1. The van der Waals surface area contributed by atoms with Crippen LogP contribution >= 0.6 is 11.6 Å². The number of halogens is 1. The third-order valence-corrected chi connectivity index (χ3v) is 6.54. The van der Waals surface area contributed by atoms with Gasteiger partial charge in [0, 0.05) is 22.2 Å². The lowest BCUT2D eigenvalue weighted by molar-refractivity contribution is -0.577. The summed E-state index contributed by atoms with van der Waals surface area (Å²) in [6.45, 7) is 3.85. The van der Waals surface area contributed by atoms with Crippen LogP contribution < -0.4 is 19.3 Å². The van der Waals surface area contributed by atoms with E-state index in [0.717, 1.165) is 10.5 Å². The minimum absolute atomic E-state index is 0.0168. The molecule has 192 valence electrons. The number of carbonyl (C=O) groups excluding carboxylic acids is 2. The second-order valence-corrected chi connectivity index (χ2v) is 9.36. The molecular formula is C29H25ClN4O4. The van der Waals surface area contributed by atoms with Crippen LogP contribution in [0.3, 0.4) is 0 Å². The Morgan fingerprint density at radius 3 is 2.45 bits per heavy atom. The molecule has 0 radical (unpaired) electrons. The first-order valence-electron chi connectivity index (χ1n) is 12.1. The van der Waals surface area contributed by atoms with Gasteiger partial charge < -0.3 is 9.84 Å². The zero-order chi connectivity index (χ0) is 27.0. The van der Waals surface area contributed by atoms with Crippen molar-refractivity contribution in [1.29, 1.82) is 0 Å². The van der Waals surface area contributed by atoms with E-state index < -0.39 is 17.7 Å². The van der Waals surface area contributed by atoms with Crippen molar-refractivity contribution in [3.63, 3.8) is 0 Å². The molecule has 0 atom stereocenters. The van der Waals surface area contributed by atoms with E-state index in [1.807, 2.05) is 19.9 Å². The molecule has 9 heteroatoms. The number of hydrogen-bond donors (Lipinski definition) is 0. The van der Waals surface area contributed by atoms with Gasteiger partial charge in [-0.2, -0.15) is 9.67 Å². The molecule has 2 aromatic heterocycles. The molecule has 4 aromatic rings. The summed E-state index contributed by atoms with van der Waals surface area (Å²) in [7, 11) is 1.54. The SMILES string of the molecule is CCCc1nn(-c2cccc(Cl)c2)c([O-])c1C1=C([n+]2cccc(C)c2)C(=O)N(c2ccc(OC)cc2)C1=O. The highest BCUT2D eigenvalue weighted by Gasteiger charge is 2.47. The van der Waals surface area contributed by atoms with Crippen LogP contribution in [-0.2, 0) is 16.0 Å². The third-order valence-electron chi connectivity index (χ3n) is 6.30. The molecule has 2 amide bonds. The number of aromatic nitrogens is 3. The Morgan fingerprint density at radius 2 is 1.79 bits per heavy atom. The minimum Gasteiger partial charge on any atom is -0.858 e. The Hall–Kier alpha value is -4.43. The van der Waals surface area contributed by atoms with E-state index in [4.69, 9.17) is 16.3 Å². The number of pyridine rings is 1. The molecule has 0 saturated heterocycles. The maximum absolute atomic E-state index is 14.1. The molecule has 8 nitrogen and oxygen atoms in total. The molecule has 0 spiro atoms. The Kier molecular flexibility index (Phi) is 6.73. The van der Waals surface area contributed by atoms with Crippen LogP contribution in [0.1, 0.15) is 30.2 Å². The van der Waals surface area contributed by atoms with Gasteiger partial charge in [0.05, 0.1) is 24.2 Å². The first kappa shape index (κ1) is 25.2. The van der Waals surface area contributed by atoms with Crippen LogP contribution in [0.5, 0.6) is 11.6 Å². The van der Waals surface area contributed by atoms with E-state index in [2.05, 4.69) is 5.10 Å². The molecule has 0 aliphatic carbocycles. The maximum Gasteiger partial charge on any atom is 0.331 e. The molecule has 38 heavy (non-hydrogen) atoms. The van der Waals surface area contributed by atoms with Crippen molar-refractivity contribution in [3.8, 4) is 17.3 Å². The van der Waals surface area contributed by atoms with Gasteiger partial charge in [0.15, 0.2) is 12.4 Å². The average Bonchev–Trinajstić information content (AvgIpc) is 3.36. The van der Waals surface area contributed by atoms with E-state index in [9.17, 15) is 14.7 Å². The van der Waals surface area contributed by atoms with Crippen molar-refractivity contribution in [2.24, 2.45) is 0 Å². The molecule has 0 bridgehead atoms. The van der Waals surface area contributed by atoms with Crippen molar-refractivity contribution in [2.45, 2.75) is 26.7 Å². The fourth-order valence-electron chi connectivity index (χ4n) is 4.57.